The first-order chi connectivity index (χ1) is 0. The van der Waals surface area contributed by atoms with E-state index < -0.39 is 0 Å². The van der Waals surface area contributed by atoms with Gasteiger partial charge >= 0.3 is 0 Å². The van der Waals surface area contributed by atoms with Gasteiger partial charge in [-0.05, 0) is 0 Å². The predicted octanol–water partition coefficient (Wildman–Crippen LogP) is 0.0506. The number of hydrogen-bond acceptors (Lipinski definition) is 0. The average Bonchev–Trinajstić information content (AvgIpc) is 0. The molecule has 0 saturated carbocycles. The third-order valence-corrected chi connectivity index (χ3v) is 0. The summed E-state index contributed by atoms with van der Waals surface area (Å²) < 4.78 is 0. The Bertz CT molecular complexity index is 3.25. The summed E-state index contributed by atoms with van der Waals surface area (Å²) in [5.41, 5.74) is 0. The quantitative estimate of drug-likeness (QED) is 0.555. The standard InChI is InChI=1S/H3P.3Y/h1H3;;;. The fourth-order valence-electron chi connectivity index (χ4n) is 0. The van der Waals surface area contributed by atoms with Crippen molar-refractivity contribution in [2.75, 3.05) is 0 Å². The van der Waals surface area contributed by atoms with Crippen molar-refractivity contribution in [3.8, 4) is 0 Å². The molecule has 0 aromatic carbocycles. The van der Waals surface area contributed by atoms with Crippen molar-refractivity contribution in [3.05, 3.63) is 0 Å². The molecule has 1 atom stereocenters. The van der Waals surface area contributed by atoms with Crippen molar-refractivity contribution in [3.63, 3.8) is 0 Å². The van der Waals surface area contributed by atoms with Crippen LogP contribution in [0.2, 0.25) is 0 Å². The summed E-state index contributed by atoms with van der Waals surface area (Å²) in [4.78, 5) is 0. The molecule has 0 spiro atoms. The third-order valence-electron chi connectivity index (χ3n) is 0. The molecule has 0 amide bonds. The van der Waals surface area contributed by atoms with Gasteiger partial charge in [0, 0.05) is 98.1 Å². The van der Waals surface area contributed by atoms with E-state index in [0.717, 1.165) is 0 Å². The topological polar surface area (TPSA) is 0 Å². The Balaban J connectivity index is 0. The second-order valence-electron chi connectivity index (χ2n) is 0. The number of hydrogen-bond donors (Lipinski definition) is 0. The molecule has 0 nitrogen and oxygen atoms in total. The van der Waals surface area contributed by atoms with Crippen molar-refractivity contribution in [2.24, 2.45) is 0 Å². The van der Waals surface area contributed by atoms with Crippen LogP contribution >= 0.6 is 9.90 Å². The van der Waals surface area contributed by atoms with Crippen LogP contribution in [0.5, 0.6) is 0 Å². The first-order valence-corrected chi connectivity index (χ1v) is 0. The summed E-state index contributed by atoms with van der Waals surface area (Å²) in [6, 6.07) is 0. The fraction of sp³-hybridized carbons (Fsp3) is 0. The Morgan fingerprint density at radius 2 is 0.500 bits per heavy atom. The van der Waals surface area contributed by atoms with Gasteiger partial charge in [0.15, 0.2) is 0 Å². The van der Waals surface area contributed by atoms with Crippen molar-refractivity contribution in [1.29, 1.82) is 0 Å². The largest absolute Gasteiger partial charge is 0.153 e. The molecule has 0 aliphatic rings. The Morgan fingerprint density at radius 3 is 0.500 bits per heavy atom. The van der Waals surface area contributed by atoms with Gasteiger partial charge < -0.3 is 0 Å². The monoisotopic (exact) mass is 301 g/mol. The molecule has 4 heteroatoms. The van der Waals surface area contributed by atoms with Gasteiger partial charge in [0.25, 0.3) is 0 Å². The van der Waals surface area contributed by atoms with Crippen LogP contribution in [0.25, 0.3) is 0 Å². The van der Waals surface area contributed by atoms with Crippen LogP contribution in [-0.2, 0) is 98.1 Å². The molecule has 0 aliphatic carbocycles. The zero-order valence-corrected chi connectivity index (χ0v) is 12.4. The third kappa shape index (κ3) is 9.22. The normalized spacial score (nSPS) is 0. The molecule has 0 fully saturated rings. The molecule has 0 rings (SSSR count). The molecule has 3 radical (unpaired) electrons. The second kappa shape index (κ2) is 15.9. The Morgan fingerprint density at radius 1 is 0.500 bits per heavy atom. The van der Waals surface area contributed by atoms with Crippen molar-refractivity contribution in [1.82, 2.24) is 0 Å². The van der Waals surface area contributed by atoms with Crippen LogP contribution in [0, 0.1) is 0 Å². The maximum Gasteiger partial charge on any atom is 0 e. The summed E-state index contributed by atoms with van der Waals surface area (Å²) in [7, 11) is 0. The molecule has 1 unspecified atom stereocenters. The first-order valence-electron chi connectivity index (χ1n) is 0. The van der Waals surface area contributed by atoms with Crippen molar-refractivity contribution in [2.45, 2.75) is 0 Å². The van der Waals surface area contributed by atoms with Crippen LogP contribution in [0.3, 0.4) is 0 Å². The van der Waals surface area contributed by atoms with Crippen LogP contribution in [0.15, 0.2) is 0 Å². The summed E-state index contributed by atoms with van der Waals surface area (Å²) in [5.74, 6) is 0. The van der Waals surface area contributed by atoms with Crippen molar-refractivity contribution >= 4 is 9.90 Å². The van der Waals surface area contributed by atoms with E-state index in [0.29, 0.717) is 0 Å². The average molecular weight is 301 g/mol. The predicted molar refractivity (Wildman–Crippen MR) is 11.1 cm³/mol. The molecular formula is H3PY3. The minimum absolute atomic E-state index is 0. The summed E-state index contributed by atoms with van der Waals surface area (Å²) in [6.45, 7) is 0. The Kier molecular flexibility index (Phi) is 99.7. The molecule has 0 bridgehead atoms. The molecule has 0 saturated heterocycles. The van der Waals surface area contributed by atoms with Gasteiger partial charge in [-0.25, -0.2) is 0 Å². The van der Waals surface area contributed by atoms with E-state index in [1.54, 1.807) is 0 Å². The van der Waals surface area contributed by atoms with Crippen LogP contribution in [0.4, 0.5) is 0 Å². The molecule has 0 heterocycles. The van der Waals surface area contributed by atoms with Gasteiger partial charge in [0.1, 0.15) is 0 Å². The minimum atomic E-state index is 0. The van der Waals surface area contributed by atoms with Crippen LogP contribution < -0.4 is 0 Å². The van der Waals surface area contributed by atoms with Gasteiger partial charge in [-0.3, -0.25) is 0 Å². The van der Waals surface area contributed by atoms with E-state index >= 15 is 0 Å². The number of rotatable bonds is 0. The molecule has 17 valence electrons. The second-order valence-corrected chi connectivity index (χ2v) is 0. The molecule has 0 aromatic rings. The molecule has 0 N–H and O–H groups in total. The zero-order chi connectivity index (χ0) is 0. The van der Waals surface area contributed by atoms with Crippen molar-refractivity contribution < 1.29 is 98.1 Å². The maximum atomic E-state index is 0. The van der Waals surface area contributed by atoms with Gasteiger partial charge in [-0.1, -0.05) is 0 Å². The van der Waals surface area contributed by atoms with E-state index in [1.807, 2.05) is 0 Å². The summed E-state index contributed by atoms with van der Waals surface area (Å²) in [6.07, 6.45) is 0. The van der Waals surface area contributed by atoms with Crippen LogP contribution in [0.1, 0.15) is 0 Å². The van der Waals surface area contributed by atoms with E-state index in [2.05, 4.69) is 0 Å². The smallest absolute Gasteiger partial charge is 0 e. The van der Waals surface area contributed by atoms with Crippen LogP contribution in [-0.4, -0.2) is 0 Å². The van der Waals surface area contributed by atoms with Gasteiger partial charge in [-0.15, -0.1) is 0 Å². The van der Waals surface area contributed by atoms with E-state index in [4.69, 9.17) is 0 Å². The van der Waals surface area contributed by atoms with Gasteiger partial charge in [0.2, 0.25) is 0 Å². The molecule has 0 aliphatic heterocycles. The molecule has 0 aromatic heterocycles. The molecule has 4 heavy (non-hydrogen) atoms. The maximum absolute atomic E-state index is 0. The zero-order valence-electron chi connectivity index (χ0n) is 2.44. The fourth-order valence-corrected chi connectivity index (χ4v) is 0. The van der Waals surface area contributed by atoms with E-state index in [-0.39, 0.29) is 108 Å². The van der Waals surface area contributed by atoms with E-state index in [9.17, 15) is 0 Å². The van der Waals surface area contributed by atoms with Gasteiger partial charge in [-0.2, -0.15) is 9.90 Å². The van der Waals surface area contributed by atoms with Gasteiger partial charge in [0.05, 0.1) is 0 Å². The van der Waals surface area contributed by atoms with E-state index in [1.165, 1.54) is 0 Å². The Labute approximate surface area is 105 Å². The SMILES string of the molecule is P.[Y].[Y].[Y]. The summed E-state index contributed by atoms with van der Waals surface area (Å²) in [5, 5.41) is 0. The minimum Gasteiger partial charge on any atom is -0.153 e. The Hall–Kier alpha value is 3.74. The summed E-state index contributed by atoms with van der Waals surface area (Å²) >= 11 is 0. The molecular weight excluding hydrogens is 298 g/mol. The first kappa shape index (κ1) is 25.1.